The Labute approximate surface area is 100 Å². The first-order valence-corrected chi connectivity index (χ1v) is 5.99. The fraction of sp³-hybridized carbons (Fsp3) is 0.500. The third-order valence-electron chi connectivity index (χ3n) is 1.92. The lowest BCUT2D eigenvalue weighted by atomic mass is 10.2. The number of hydrogen-bond acceptors (Lipinski definition) is 4. The summed E-state index contributed by atoms with van der Waals surface area (Å²) in [5.41, 5.74) is 0.950. The Kier molecular flexibility index (Phi) is 6.86. The van der Waals surface area contributed by atoms with Crippen LogP contribution in [0.1, 0.15) is 16.9 Å². The smallest absolute Gasteiger partial charge is 0.104 e. The van der Waals surface area contributed by atoms with Gasteiger partial charge in [-0.1, -0.05) is 11.8 Å². The number of methoxy groups -OCH3 is 1. The summed E-state index contributed by atoms with van der Waals surface area (Å²) < 4.78 is 10.4. The Hall–Kier alpha value is -0.860. The van der Waals surface area contributed by atoms with Gasteiger partial charge in [0.1, 0.15) is 6.61 Å². The van der Waals surface area contributed by atoms with Gasteiger partial charge in [0, 0.05) is 30.8 Å². The third kappa shape index (κ3) is 4.77. The summed E-state index contributed by atoms with van der Waals surface area (Å²) in [6.45, 7) is 1.89. The highest BCUT2D eigenvalue weighted by Crippen LogP contribution is 2.16. The molecule has 4 heteroatoms. The molecule has 1 N–H and O–H groups in total. The first-order chi connectivity index (χ1) is 7.88. The maximum Gasteiger partial charge on any atom is 0.104 e. The van der Waals surface area contributed by atoms with Crippen molar-refractivity contribution >= 4 is 11.3 Å². The SMILES string of the molecule is COCCCOCc1sccc1C#CCO. The average Bonchev–Trinajstić information content (AvgIpc) is 2.74. The first-order valence-electron chi connectivity index (χ1n) is 5.11. The van der Waals surface area contributed by atoms with E-state index in [1.54, 1.807) is 18.4 Å². The summed E-state index contributed by atoms with van der Waals surface area (Å²) in [6, 6.07) is 1.95. The molecule has 88 valence electrons. The van der Waals surface area contributed by atoms with Crippen molar-refractivity contribution in [3.63, 3.8) is 0 Å². The zero-order valence-corrected chi connectivity index (χ0v) is 10.2. The lowest BCUT2D eigenvalue weighted by molar-refractivity contribution is 0.0942. The van der Waals surface area contributed by atoms with Gasteiger partial charge in [0.2, 0.25) is 0 Å². The van der Waals surface area contributed by atoms with Crippen LogP contribution >= 0.6 is 11.3 Å². The van der Waals surface area contributed by atoms with Gasteiger partial charge < -0.3 is 14.6 Å². The number of rotatable bonds is 6. The van der Waals surface area contributed by atoms with Gasteiger partial charge in [-0.15, -0.1) is 11.3 Å². The van der Waals surface area contributed by atoms with E-state index in [0.29, 0.717) is 13.2 Å². The van der Waals surface area contributed by atoms with Gasteiger partial charge in [-0.05, 0) is 17.9 Å². The molecule has 0 aliphatic rings. The number of thiophene rings is 1. The predicted octanol–water partition coefficient (Wildman–Crippen LogP) is 1.65. The minimum atomic E-state index is -0.107. The van der Waals surface area contributed by atoms with E-state index in [1.807, 2.05) is 11.4 Å². The van der Waals surface area contributed by atoms with Crippen LogP contribution in [-0.4, -0.2) is 32.0 Å². The van der Waals surface area contributed by atoms with E-state index in [0.717, 1.165) is 23.5 Å². The molecule has 3 nitrogen and oxygen atoms in total. The van der Waals surface area contributed by atoms with Gasteiger partial charge in [0.15, 0.2) is 0 Å². The molecule has 0 unspecified atom stereocenters. The lowest BCUT2D eigenvalue weighted by Crippen LogP contribution is -1.99. The number of aliphatic hydroxyl groups is 1. The maximum atomic E-state index is 8.61. The maximum absolute atomic E-state index is 8.61. The van der Waals surface area contributed by atoms with Crippen LogP contribution < -0.4 is 0 Å². The van der Waals surface area contributed by atoms with E-state index < -0.39 is 0 Å². The molecule has 0 saturated heterocycles. The summed E-state index contributed by atoms with van der Waals surface area (Å²) in [6.07, 6.45) is 0.902. The van der Waals surface area contributed by atoms with Crippen LogP contribution in [0.15, 0.2) is 11.4 Å². The number of hydrogen-bond donors (Lipinski definition) is 1. The molecule has 0 spiro atoms. The fourth-order valence-corrected chi connectivity index (χ4v) is 1.93. The molecule has 0 aliphatic heterocycles. The molecule has 1 aromatic heterocycles. The van der Waals surface area contributed by atoms with Crippen LogP contribution in [-0.2, 0) is 16.1 Å². The average molecular weight is 240 g/mol. The van der Waals surface area contributed by atoms with Crippen LogP contribution in [0.25, 0.3) is 0 Å². The van der Waals surface area contributed by atoms with Crippen molar-refractivity contribution in [3.8, 4) is 11.8 Å². The molecule has 0 atom stereocenters. The summed E-state index contributed by atoms with van der Waals surface area (Å²) >= 11 is 1.62. The van der Waals surface area contributed by atoms with E-state index in [4.69, 9.17) is 14.6 Å². The van der Waals surface area contributed by atoms with Gasteiger partial charge >= 0.3 is 0 Å². The molecule has 0 radical (unpaired) electrons. The predicted molar refractivity (Wildman–Crippen MR) is 64.4 cm³/mol. The Morgan fingerprint density at radius 3 is 3.06 bits per heavy atom. The molecule has 1 rings (SSSR count). The van der Waals surface area contributed by atoms with Crippen molar-refractivity contribution in [3.05, 3.63) is 21.9 Å². The fourth-order valence-electron chi connectivity index (χ4n) is 1.17. The van der Waals surface area contributed by atoms with Crippen molar-refractivity contribution in [1.82, 2.24) is 0 Å². The Morgan fingerprint density at radius 1 is 1.44 bits per heavy atom. The number of aliphatic hydroxyl groups excluding tert-OH is 1. The summed E-state index contributed by atoms with van der Waals surface area (Å²) in [5.74, 6) is 5.54. The van der Waals surface area contributed by atoms with Crippen molar-refractivity contribution in [1.29, 1.82) is 0 Å². The molecular weight excluding hydrogens is 224 g/mol. The molecule has 16 heavy (non-hydrogen) atoms. The van der Waals surface area contributed by atoms with Gasteiger partial charge in [-0.3, -0.25) is 0 Å². The summed E-state index contributed by atoms with van der Waals surface area (Å²) in [7, 11) is 1.68. The van der Waals surface area contributed by atoms with E-state index in [9.17, 15) is 0 Å². The van der Waals surface area contributed by atoms with Crippen LogP contribution in [0.2, 0.25) is 0 Å². The van der Waals surface area contributed by atoms with E-state index in [2.05, 4.69) is 11.8 Å². The summed E-state index contributed by atoms with van der Waals surface area (Å²) in [4.78, 5) is 1.11. The second kappa shape index (κ2) is 8.31. The second-order valence-corrected chi connectivity index (χ2v) is 4.12. The highest BCUT2D eigenvalue weighted by Gasteiger charge is 2.01. The Morgan fingerprint density at radius 2 is 2.31 bits per heavy atom. The molecule has 0 bridgehead atoms. The minimum absolute atomic E-state index is 0.107. The summed E-state index contributed by atoms with van der Waals surface area (Å²) in [5, 5.41) is 10.6. The highest BCUT2D eigenvalue weighted by molar-refractivity contribution is 7.10. The van der Waals surface area contributed by atoms with Crippen molar-refractivity contribution < 1.29 is 14.6 Å². The molecule has 0 aromatic carbocycles. The molecule has 1 aromatic rings. The van der Waals surface area contributed by atoms with E-state index in [1.165, 1.54) is 0 Å². The Balaban J connectivity index is 2.33. The van der Waals surface area contributed by atoms with Crippen molar-refractivity contribution in [2.45, 2.75) is 13.0 Å². The zero-order chi connectivity index (χ0) is 11.6. The standard InChI is InChI=1S/C12H16O3S/c1-14-7-3-8-15-10-12-11(4-2-6-13)5-9-16-12/h5,9,13H,3,6-8,10H2,1H3. The lowest BCUT2D eigenvalue weighted by Gasteiger charge is -2.02. The minimum Gasteiger partial charge on any atom is -0.385 e. The highest BCUT2D eigenvalue weighted by atomic mass is 32.1. The second-order valence-electron chi connectivity index (χ2n) is 3.12. The first kappa shape index (κ1) is 13.2. The molecular formula is C12H16O3S. The molecule has 0 aliphatic carbocycles. The van der Waals surface area contributed by atoms with Gasteiger partial charge in [0.25, 0.3) is 0 Å². The zero-order valence-electron chi connectivity index (χ0n) is 9.36. The largest absolute Gasteiger partial charge is 0.385 e. The van der Waals surface area contributed by atoms with Crippen LogP contribution in [0.4, 0.5) is 0 Å². The van der Waals surface area contributed by atoms with Crippen LogP contribution in [0.3, 0.4) is 0 Å². The van der Waals surface area contributed by atoms with Gasteiger partial charge in [-0.25, -0.2) is 0 Å². The normalized spacial score (nSPS) is 9.88. The third-order valence-corrected chi connectivity index (χ3v) is 2.81. The van der Waals surface area contributed by atoms with Crippen molar-refractivity contribution in [2.75, 3.05) is 26.9 Å². The van der Waals surface area contributed by atoms with Gasteiger partial charge in [-0.2, -0.15) is 0 Å². The van der Waals surface area contributed by atoms with Crippen molar-refractivity contribution in [2.24, 2.45) is 0 Å². The molecule has 0 fully saturated rings. The Bertz CT molecular complexity index is 349. The molecule has 1 heterocycles. The van der Waals surface area contributed by atoms with Crippen LogP contribution in [0, 0.1) is 11.8 Å². The molecule has 0 saturated carbocycles. The van der Waals surface area contributed by atoms with E-state index >= 15 is 0 Å². The van der Waals surface area contributed by atoms with Gasteiger partial charge in [0.05, 0.1) is 6.61 Å². The quantitative estimate of drug-likeness (QED) is 0.607. The van der Waals surface area contributed by atoms with E-state index in [-0.39, 0.29) is 6.61 Å². The van der Waals surface area contributed by atoms with Crippen LogP contribution in [0.5, 0.6) is 0 Å². The topological polar surface area (TPSA) is 38.7 Å². The monoisotopic (exact) mass is 240 g/mol. The molecule has 0 amide bonds. The number of ether oxygens (including phenoxy) is 2.